The number of aliphatic hydroxyl groups is 1. The zero-order valence-corrected chi connectivity index (χ0v) is 11.8. The van der Waals surface area contributed by atoms with E-state index < -0.39 is 5.60 Å². The van der Waals surface area contributed by atoms with Gasteiger partial charge in [0.05, 0.1) is 5.60 Å². The van der Waals surface area contributed by atoms with E-state index in [9.17, 15) is 14.7 Å². The molecule has 0 fully saturated rings. The van der Waals surface area contributed by atoms with E-state index in [1.165, 1.54) is 0 Å². The van der Waals surface area contributed by atoms with Crippen LogP contribution in [0.5, 0.6) is 0 Å². The third kappa shape index (κ3) is 3.36. The molecule has 0 saturated heterocycles. The topological polar surface area (TPSA) is 78.4 Å². The number of hydrogen-bond donors (Lipinski definition) is 3. The number of fused-ring (bicyclic) bond motifs is 1. The third-order valence-electron chi connectivity index (χ3n) is 3.65. The Hall–Kier alpha value is -1.88. The minimum atomic E-state index is -0.891. The average molecular weight is 276 g/mol. The molecule has 1 atom stereocenters. The maximum absolute atomic E-state index is 12.0. The monoisotopic (exact) mass is 276 g/mol. The fourth-order valence-corrected chi connectivity index (χ4v) is 2.02. The van der Waals surface area contributed by atoms with Gasteiger partial charge in [-0.1, -0.05) is 6.92 Å². The Morgan fingerprint density at radius 3 is 2.90 bits per heavy atom. The molecule has 1 unspecified atom stereocenters. The number of amides is 2. The van der Waals surface area contributed by atoms with Gasteiger partial charge in [-0.3, -0.25) is 9.59 Å². The largest absolute Gasteiger partial charge is 0.388 e. The first kappa shape index (κ1) is 14.5. The van der Waals surface area contributed by atoms with Gasteiger partial charge in [-0.05, 0) is 43.5 Å². The summed E-state index contributed by atoms with van der Waals surface area (Å²) in [5.41, 5.74) is 1.40. The maximum Gasteiger partial charge on any atom is 0.251 e. The lowest BCUT2D eigenvalue weighted by atomic mass is 9.99. The number of nitrogens with one attached hydrogen (secondary N) is 2. The van der Waals surface area contributed by atoms with Crippen LogP contribution in [-0.2, 0) is 11.2 Å². The molecule has 0 aromatic heterocycles. The quantitative estimate of drug-likeness (QED) is 0.779. The Morgan fingerprint density at radius 2 is 2.20 bits per heavy atom. The molecule has 0 aliphatic carbocycles. The highest BCUT2D eigenvalue weighted by Crippen LogP contribution is 2.23. The highest BCUT2D eigenvalue weighted by atomic mass is 16.3. The molecule has 1 aromatic rings. The van der Waals surface area contributed by atoms with E-state index in [0.29, 0.717) is 24.8 Å². The normalized spacial score (nSPS) is 16.9. The number of benzene rings is 1. The van der Waals surface area contributed by atoms with Crippen molar-refractivity contribution in [1.82, 2.24) is 5.32 Å². The predicted molar refractivity (Wildman–Crippen MR) is 76.6 cm³/mol. The summed E-state index contributed by atoms with van der Waals surface area (Å²) in [4.78, 5) is 23.3. The van der Waals surface area contributed by atoms with Gasteiger partial charge in [0.15, 0.2) is 0 Å². The zero-order valence-electron chi connectivity index (χ0n) is 11.8. The summed E-state index contributed by atoms with van der Waals surface area (Å²) in [5.74, 6) is -0.202. The van der Waals surface area contributed by atoms with Gasteiger partial charge in [0, 0.05) is 24.2 Å². The van der Waals surface area contributed by atoms with Crippen LogP contribution >= 0.6 is 0 Å². The van der Waals surface area contributed by atoms with Crippen molar-refractivity contribution in [3.8, 4) is 0 Å². The fourth-order valence-electron chi connectivity index (χ4n) is 2.02. The lowest BCUT2D eigenvalue weighted by Gasteiger charge is -2.22. The summed E-state index contributed by atoms with van der Waals surface area (Å²) in [6.45, 7) is 3.78. The van der Waals surface area contributed by atoms with Crippen LogP contribution in [0, 0.1) is 0 Å². The van der Waals surface area contributed by atoms with Gasteiger partial charge in [-0.2, -0.15) is 0 Å². The van der Waals surface area contributed by atoms with Crippen LogP contribution < -0.4 is 10.6 Å². The van der Waals surface area contributed by atoms with E-state index in [-0.39, 0.29) is 18.4 Å². The molecule has 0 spiro atoms. The summed E-state index contributed by atoms with van der Waals surface area (Å²) in [6.07, 6.45) is 1.67. The number of carbonyl (C=O) groups excluding carboxylic acids is 2. The van der Waals surface area contributed by atoms with E-state index in [0.717, 1.165) is 11.3 Å². The van der Waals surface area contributed by atoms with Gasteiger partial charge >= 0.3 is 0 Å². The Labute approximate surface area is 118 Å². The van der Waals surface area contributed by atoms with Gasteiger partial charge in [0.2, 0.25) is 5.91 Å². The van der Waals surface area contributed by atoms with Crippen molar-refractivity contribution in [2.24, 2.45) is 0 Å². The van der Waals surface area contributed by atoms with Crippen molar-refractivity contribution in [3.05, 3.63) is 29.3 Å². The second-order valence-corrected chi connectivity index (χ2v) is 5.45. The Kier molecular flexibility index (Phi) is 4.09. The summed E-state index contributed by atoms with van der Waals surface area (Å²) >= 11 is 0. The van der Waals surface area contributed by atoms with Crippen molar-refractivity contribution in [2.75, 3.05) is 11.9 Å². The van der Waals surface area contributed by atoms with E-state index in [4.69, 9.17) is 0 Å². The fraction of sp³-hybridized carbons (Fsp3) is 0.467. The summed E-state index contributed by atoms with van der Waals surface area (Å²) in [5, 5.41) is 15.4. The molecule has 0 radical (unpaired) electrons. The number of rotatable bonds is 4. The summed E-state index contributed by atoms with van der Waals surface area (Å²) in [6, 6.07) is 5.23. The van der Waals surface area contributed by atoms with E-state index >= 15 is 0 Å². The zero-order chi connectivity index (χ0) is 14.8. The molecule has 1 aromatic carbocycles. The molecule has 20 heavy (non-hydrogen) atoms. The molecule has 2 rings (SSSR count). The van der Waals surface area contributed by atoms with E-state index in [1.54, 1.807) is 25.1 Å². The molecule has 108 valence electrons. The Balaban J connectivity index is 2.06. The van der Waals surface area contributed by atoms with E-state index in [2.05, 4.69) is 10.6 Å². The Morgan fingerprint density at radius 1 is 1.45 bits per heavy atom. The van der Waals surface area contributed by atoms with Crippen LogP contribution in [0.3, 0.4) is 0 Å². The summed E-state index contributed by atoms with van der Waals surface area (Å²) < 4.78 is 0. The number of carbonyl (C=O) groups is 2. The molecule has 3 N–H and O–H groups in total. The average Bonchev–Trinajstić information content (AvgIpc) is 2.44. The molecule has 1 aliphatic rings. The summed E-state index contributed by atoms with van der Waals surface area (Å²) in [7, 11) is 0. The van der Waals surface area contributed by atoms with Gasteiger partial charge in [-0.15, -0.1) is 0 Å². The number of hydrogen-bond acceptors (Lipinski definition) is 3. The van der Waals surface area contributed by atoms with Crippen LogP contribution in [0.15, 0.2) is 18.2 Å². The third-order valence-corrected chi connectivity index (χ3v) is 3.65. The second-order valence-electron chi connectivity index (χ2n) is 5.45. The second kappa shape index (κ2) is 5.63. The van der Waals surface area contributed by atoms with Crippen LogP contribution in [0.1, 0.15) is 42.6 Å². The van der Waals surface area contributed by atoms with Gasteiger partial charge in [0.25, 0.3) is 5.91 Å². The standard InChI is InChI=1S/C15H20N2O3/c1-3-15(2,20)9-16-14(19)11-4-6-12-10(8-11)5-7-13(18)17-12/h4,6,8,20H,3,5,7,9H2,1-2H3,(H,16,19)(H,17,18). The molecule has 5 heteroatoms. The van der Waals surface area contributed by atoms with Crippen molar-refractivity contribution >= 4 is 17.5 Å². The van der Waals surface area contributed by atoms with Crippen LogP contribution in [0.25, 0.3) is 0 Å². The van der Waals surface area contributed by atoms with Crippen LogP contribution in [-0.4, -0.2) is 29.1 Å². The molecule has 1 heterocycles. The first-order valence-electron chi connectivity index (χ1n) is 6.84. The molecule has 1 aliphatic heterocycles. The molecule has 5 nitrogen and oxygen atoms in total. The Bertz CT molecular complexity index is 538. The van der Waals surface area contributed by atoms with Gasteiger partial charge in [0.1, 0.15) is 0 Å². The lowest BCUT2D eigenvalue weighted by molar-refractivity contribution is -0.116. The number of anilines is 1. The molecular weight excluding hydrogens is 256 g/mol. The van der Waals surface area contributed by atoms with Crippen LogP contribution in [0.4, 0.5) is 5.69 Å². The number of aryl methyl sites for hydroxylation is 1. The first-order chi connectivity index (χ1) is 9.41. The van der Waals surface area contributed by atoms with Gasteiger partial charge in [-0.25, -0.2) is 0 Å². The van der Waals surface area contributed by atoms with Crippen molar-refractivity contribution < 1.29 is 14.7 Å². The highest BCUT2D eigenvalue weighted by molar-refractivity contribution is 5.97. The lowest BCUT2D eigenvalue weighted by Crippen LogP contribution is -2.40. The highest BCUT2D eigenvalue weighted by Gasteiger charge is 2.20. The van der Waals surface area contributed by atoms with Crippen LogP contribution in [0.2, 0.25) is 0 Å². The van der Waals surface area contributed by atoms with Crippen molar-refractivity contribution in [3.63, 3.8) is 0 Å². The predicted octanol–water partition coefficient (Wildman–Crippen LogP) is 1.46. The maximum atomic E-state index is 12.0. The minimum absolute atomic E-state index is 0.00805. The molecular formula is C15H20N2O3. The first-order valence-corrected chi connectivity index (χ1v) is 6.84. The SMILES string of the molecule is CCC(C)(O)CNC(=O)c1ccc2c(c1)CCC(=O)N2. The molecule has 0 bridgehead atoms. The van der Waals surface area contributed by atoms with Crippen molar-refractivity contribution in [2.45, 2.75) is 38.7 Å². The minimum Gasteiger partial charge on any atom is -0.388 e. The molecule has 0 saturated carbocycles. The molecule has 2 amide bonds. The smallest absolute Gasteiger partial charge is 0.251 e. The van der Waals surface area contributed by atoms with Gasteiger partial charge < -0.3 is 15.7 Å². The van der Waals surface area contributed by atoms with E-state index in [1.807, 2.05) is 6.92 Å². The van der Waals surface area contributed by atoms with Crippen molar-refractivity contribution in [1.29, 1.82) is 0 Å².